The summed E-state index contributed by atoms with van der Waals surface area (Å²) in [6.45, 7) is 4.84. The lowest BCUT2D eigenvalue weighted by molar-refractivity contribution is -0.161. The number of hydrogen-bond donors (Lipinski definition) is 3. The Bertz CT molecular complexity index is 2130. The maximum absolute atomic E-state index is 13.1. The number of aliphatic hydroxyl groups excluding tert-OH is 1. The van der Waals surface area contributed by atoms with Crippen LogP contribution in [-0.2, 0) is 65.4 Å². The molecule has 0 fully saturated rings. The third-order valence-corrected chi connectivity index (χ3v) is 19.4. The van der Waals surface area contributed by atoms with Crippen LogP contribution in [0.3, 0.4) is 0 Å². The smallest absolute Gasteiger partial charge is 0.462 e. The Kier molecular flexibility index (Phi) is 71.6. The van der Waals surface area contributed by atoms with Crippen LogP contribution >= 0.6 is 15.6 Å². The fourth-order valence-electron chi connectivity index (χ4n) is 11.3. The van der Waals surface area contributed by atoms with E-state index in [1.165, 1.54) is 180 Å². The molecule has 0 aliphatic heterocycles. The number of hydrogen-bond acceptors (Lipinski definition) is 15. The van der Waals surface area contributed by atoms with Crippen molar-refractivity contribution < 1.29 is 80.2 Å². The van der Waals surface area contributed by atoms with Crippen LogP contribution in [-0.4, -0.2) is 96.7 Å². The summed E-state index contributed by atoms with van der Waals surface area (Å²) in [4.78, 5) is 73.0. The van der Waals surface area contributed by atoms with Gasteiger partial charge in [-0.25, -0.2) is 9.13 Å². The molecule has 2 unspecified atom stereocenters. The van der Waals surface area contributed by atoms with Crippen LogP contribution in [0, 0.1) is 0 Å². The van der Waals surface area contributed by atoms with E-state index in [1.807, 2.05) is 12.2 Å². The molecular weight excluding hydrogens is 1310 g/mol. The Morgan fingerprint density at radius 2 is 0.500 bits per heavy atom. The largest absolute Gasteiger partial charge is 0.472 e. The maximum Gasteiger partial charge on any atom is 0.472 e. The van der Waals surface area contributed by atoms with Gasteiger partial charge in [0.1, 0.15) is 19.3 Å². The zero-order valence-electron chi connectivity index (χ0n) is 63.9. The predicted octanol–water partition coefficient (Wildman–Crippen LogP) is 23.5. The highest BCUT2D eigenvalue weighted by atomic mass is 31.2. The molecule has 0 bridgehead atoms. The summed E-state index contributed by atoms with van der Waals surface area (Å²) in [6.07, 6.45) is 73.4. The summed E-state index contributed by atoms with van der Waals surface area (Å²) in [5, 5.41) is 10.6. The second-order valence-corrected chi connectivity index (χ2v) is 30.3. The molecule has 0 aromatic carbocycles. The molecule has 0 saturated carbocycles. The van der Waals surface area contributed by atoms with E-state index in [0.717, 1.165) is 109 Å². The number of ether oxygens (including phenoxy) is 4. The van der Waals surface area contributed by atoms with Crippen LogP contribution in [0.1, 0.15) is 374 Å². The molecule has 19 heteroatoms. The van der Waals surface area contributed by atoms with E-state index in [1.54, 1.807) is 0 Å². The number of allylic oxidation sites excluding steroid dienone is 10. The number of carbonyl (C=O) groups is 4. The molecule has 3 N–H and O–H groups in total. The van der Waals surface area contributed by atoms with Gasteiger partial charge in [-0.05, 0) is 89.9 Å². The Hall–Kier alpha value is -3.24. The Labute approximate surface area is 610 Å². The second-order valence-electron chi connectivity index (χ2n) is 27.4. The number of aliphatic hydroxyl groups is 1. The third kappa shape index (κ3) is 73.1. The molecule has 0 heterocycles. The summed E-state index contributed by atoms with van der Waals surface area (Å²) in [5.41, 5.74) is 0. The number of unbranched alkanes of at least 4 members (excludes halogenated alkanes) is 41. The van der Waals surface area contributed by atoms with E-state index in [4.69, 9.17) is 37.0 Å². The van der Waals surface area contributed by atoms with Gasteiger partial charge in [0.25, 0.3) is 0 Å². The Balaban J connectivity index is 5.37. The predicted molar refractivity (Wildman–Crippen MR) is 409 cm³/mol. The van der Waals surface area contributed by atoms with E-state index in [2.05, 4.69) is 76.3 Å². The molecule has 0 saturated heterocycles. The average molecular weight is 1460 g/mol. The molecule has 5 atom stereocenters. The SMILES string of the molecule is CCCCC/C=C\C/C=C\C/C=C\C/C=C\CCCC(=O)O[C@H](COC(=O)CCCCCCCCCCCCCCCCC)COP(=O)(O)OC[C@H](O)COP(=O)(O)OC[C@@H](COC(=O)CCCCCCC/C=C\CCCCCC)OC(=O)CCCCCCCCCCCCCCCCC. The fraction of sp³-hybridized carbons (Fsp3) is 0.827. The van der Waals surface area contributed by atoms with Gasteiger partial charge in [0.05, 0.1) is 26.4 Å². The maximum atomic E-state index is 13.1. The van der Waals surface area contributed by atoms with E-state index in [9.17, 15) is 43.2 Å². The van der Waals surface area contributed by atoms with E-state index in [-0.39, 0.29) is 25.7 Å². The zero-order valence-corrected chi connectivity index (χ0v) is 65.7. The molecule has 0 aliphatic rings. The Morgan fingerprint density at radius 3 is 0.830 bits per heavy atom. The number of carbonyl (C=O) groups excluding carboxylic acids is 4. The first-order valence-electron chi connectivity index (χ1n) is 40.5. The van der Waals surface area contributed by atoms with Crippen LogP contribution < -0.4 is 0 Å². The summed E-state index contributed by atoms with van der Waals surface area (Å²) >= 11 is 0. The van der Waals surface area contributed by atoms with Gasteiger partial charge in [-0.1, -0.05) is 320 Å². The first kappa shape index (κ1) is 96.8. The van der Waals surface area contributed by atoms with Crippen LogP contribution in [0.2, 0.25) is 0 Å². The van der Waals surface area contributed by atoms with Gasteiger partial charge in [0, 0.05) is 25.7 Å². The van der Waals surface area contributed by atoms with E-state index >= 15 is 0 Å². The lowest BCUT2D eigenvalue weighted by atomic mass is 10.0. The third-order valence-electron chi connectivity index (χ3n) is 17.5. The molecule has 0 rings (SSSR count). The molecule has 0 radical (unpaired) electrons. The molecule has 0 aromatic heterocycles. The molecular formula is C81H148O17P2. The van der Waals surface area contributed by atoms with Crippen molar-refractivity contribution in [2.75, 3.05) is 39.6 Å². The van der Waals surface area contributed by atoms with Gasteiger partial charge in [0.15, 0.2) is 12.2 Å². The quantitative estimate of drug-likeness (QED) is 0.0169. The standard InChI is InChI=1S/C81H148O17P2/c1-5-9-13-17-21-25-29-33-36-37-40-44-48-52-56-60-64-68-81(86)98-77(72-92-79(84)66-62-58-54-50-46-42-38-34-30-26-22-18-14-10-6-2)74-96-100(89,90)94-70-75(82)69-93-99(87,88)95-73-76(71-91-78(83)65-61-57-53-49-45-41-32-28-24-20-16-12-8-4)97-80(85)67-63-59-55-51-47-43-39-35-31-27-23-19-15-11-7-3/h21,25,28,32-33,36,40,44,52,56,75-77,82H,5-20,22-24,26-27,29-31,34-35,37-39,41-43,45-51,53-55,57-74H2,1-4H3,(H,87,88)(H,89,90)/b25-21-,32-28-,36-33-,44-40-,56-52-/t75-,76-,77-/m1/s1. The molecule has 0 aliphatic carbocycles. The highest BCUT2D eigenvalue weighted by Crippen LogP contribution is 2.45. The van der Waals surface area contributed by atoms with Gasteiger partial charge in [-0.15, -0.1) is 0 Å². The van der Waals surface area contributed by atoms with Gasteiger partial charge in [0.2, 0.25) is 0 Å². The van der Waals surface area contributed by atoms with Crippen molar-refractivity contribution in [1.82, 2.24) is 0 Å². The molecule has 0 aromatic rings. The lowest BCUT2D eigenvalue weighted by Gasteiger charge is -2.21. The summed E-state index contributed by atoms with van der Waals surface area (Å²) in [7, 11) is -9.96. The van der Waals surface area contributed by atoms with Crippen molar-refractivity contribution in [2.45, 2.75) is 393 Å². The van der Waals surface area contributed by atoms with Crippen LogP contribution in [0.4, 0.5) is 0 Å². The minimum atomic E-state index is -4.98. The van der Waals surface area contributed by atoms with Gasteiger partial charge in [-0.2, -0.15) is 0 Å². The normalized spacial score (nSPS) is 14.2. The number of phosphoric acid groups is 2. The van der Waals surface area contributed by atoms with Crippen molar-refractivity contribution in [1.29, 1.82) is 0 Å². The van der Waals surface area contributed by atoms with E-state index < -0.39 is 97.5 Å². The van der Waals surface area contributed by atoms with Crippen LogP contribution in [0.25, 0.3) is 0 Å². The molecule has 584 valence electrons. The van der Waals surface area contributed by atoms with Crippen molar-refractivity contribution in [2.24, 2.45) is 0 Å². The first-order valence-corrected chi connectivity index (χ1v) is 43.5. The topological polar surface area (TPSA) is 237 Å². The molecule has 0 spiro atoms. The average Bonchev–Trinajstić information content (AvgIpc) is 1.22. The lowest BCUT2D eigenvalue weighted by Crippen LogP contribution is -2.30. The van der Waals surface area contributed by atoms with Gasteiger partial charge >= 0.3 is 39.5 Å². The summed E-state index contributed by atoms with van der Waals surface area (Å²) in [6, 6.07) is 0. The summed E-state index contributed by atoms with van der Waals surface area (Å²) in [5.74, 6) is -2.21. The van der Waals surface area contributed by atoms with Crippen molar-refractivity contribution in [3.63, 3.8) is 0 Å². The van der Waals surface area contributed by atoms with Crippen molar-refractivity contribution >= 4 is 39.5 Å². The Morgan fingerprint density at radius 1 is 0.280 bits per heavy atom. The summed E-state index contributed by atoms with van der Waals surface area (Å²) < 4.78 is 68.6. The number of rotatable bonds is 77. The van der Waals surface area contributed by atoms with Gasteiger partial charge < -0.3 is 33.8 Å². The fourth-order valence-corrected chi connectivity index (χ4v) is 12.8. The number of esters is 4. The highest BCUT2D eigenvalue weighted by molar-refractivity contribution is 7.47. The highest BCUT2D eigenvalue weighted by Gasteiger charge is 2.30. The minimum Gasteiger partial charge on any atom is -0.462 e. The molecule has 17 nitrogen and oxygen atoms in total. The first-order chi connectivity index (χ1) is 48.7. The van der Waals surface area contributed by atoms with Crippen molar-refractivity contribution in [3.8, 4) is 0 Å². The van der Waals surface area contributed by atoms with Crippen molar-refractivity contribution in [3.05, 3.63) is 60.8 Å². The molecule has 100 heavy (non-hydrogen) atoms. The van der Waals surface area contributed by atoms with E-state index in [0.29, 0.717) is 32.1 Å². The minimum absolute atomic E-state index is 0.0244. The van der Waals surface area contributed by atoms with Gasteiger partial charge in [-0.3, -0.25) is 37.3 Å². The number of phosphoric ester groups is 2. The second kappa shape index (κ2) is 74.0. The zero-order chi connectivity index (χ0) is 73.2. The van der Waals surface area contributed by atoms with Crippen LogP contribution in [0.5, 0.6) is 0 Å². The monoisotopic (exact) mass is 1460 g/mol. The molecule has 0 amide bonds. The van der Waals surface area contributed by atoms with Crippen LogP contribution in [0.15, 0.2) is 60.8 Å².